The fraction of sp³-hybridized carbons (Fsp3) is 0.500. The van der Waals surface area contributed by atoms with Crippen LogP contribution in [-0.2, 0) is 23.0 Å². The van der Waals surface area contributed by atoms with Crippen LogP contribution in [-0.4, -0.2) is 34.5 Å². The topological polar surface area (TPSA) is 92.7 Å². The Bertz CT molecular complexity index is 645. The molecule has 0 unspecified atom stereocenters. The molecule has 0 amide bonds. The van der Waals surface area contributed by atoms with Gasteiger partial charge in [0.2, 0.25) is 0 Å². The first-order chi connectivity index (χ1) is 9.53. The van der Waals surface area contributed by atoms with E-state index < -0.39 is 10.0 Å². The monoisotopic (exact) mass is 297 g/mol. The van der Waals surface area contributed by atoms with Gasteiger partial charge in [-0.2, -0.15) is 0 Å². The van der Waals surface area contributed by atoms with Crippen molar-refractivity contribution in [1.29, 1.82) is 0 Å². The minimum Gasteiger partial charge on any atom is -0.349 e. The smallest absolute Gasteiger partial charge is 0.259 e. The zero-order valence-electron chi connectivity index (χ0n) is 11.6. The van der Waals surface area contributed by atoms with Crippen LogP contribution in [0.15, 0.2) is 23.6 Å². The van der Waals surface area contributed by atoms with Gasteiger partial charge in [0.1, 0.15) is 11.6 Å². The van der Waals surface area contributed by atoms with Crippen LogP contribution in [0.1, 0.15) is 25.0 Å². The highest BCUT2D eigenvalue weighted by Crippen LogP contribution is 2.08. The third-order valence-corrected chi connectivity index (χ3v) is 4.34. The second-order valence-corrected chi connectivity index (χ2v) is 6.16. The second kappa shape index (κ2) is 6.19. The van der Waals surface area contributed by atoms with Gasteiger partial charge in [-0.05, 0) is 20.3 Å². The molecule has 2 rings (SSSR count). The van der Waals surface area contributed by atoms with Crippen molar-refractivity contribution >= 4 is 10.0 Å². The lowest BCUT2D eigenvalue weighted by molar-refractivity contribution is 0.575. The lowest BCUT2D eigenvalue weighted by atomic mass is 10.3. The highest BCUT2D eigenvalue weighted by molar-refractivity contribution is 7.89. The molecule has 2 aromatic rings. The number of aromatic nitrogens is 4. The number of hydrogen-bond acceptors (Lipinski definition) is 4. The maximum absolute atomic E-state index is 12.1. The van der Waals surface area contributed by atoms with Gasteiger partial charge in [-0.15, -0.1) is 0 Å². The molecule has 0 aromatic carbocycles. The predicted octanol–water partition coefficient (Wildman–Crippen LogP) is 0.846. The van der Waals surface area contributed by atoms with E-state index in [-0.39, 0.29) is 5.03 Å². The van der Waals surface area contributed by atoms with E-state index in [2.05, 4.69) is 19.7 Å². The van der Waals surface area contributed by atoms with Crippen LogP contribution in [0.2, 0.25) is 0 Å². The van der Waals surface area contributed by atoms with Gasteiger partial charge in [0.25, 0.3) is 10.0 Å². The molecule has 0 fully saturated rings. The number of nitrogens with zero attached hydrogens (tertiary/aromatic N) is 3. The molecule has 0 aliphatic carbocycles. The van der Waals surface area contributed by atoms with Crippen molar-refractivity contribution in [3.05, 3.63) is 30.2 Å². The Morgan fingerprint density at radius 3 is 2.85 bits per heavy atom. The van der Waals surface area contributed by atoms with Gasteiger partial charge < -0.3 is 9.55 Å². The summed E-state index contributed by atoms with van der Waals surface area (Å²) in [6, 6.07) is 0. The number of hydrogen-bond donors (Lipinski definition) is 2. The van der Waals surface area contributed by atoms with Crippen molar-refractivity contribution in [3.63, 3.8) is 0 Å². The number of H-pyrrole nitrogens is 1. The maximum atomic E-state index is 12.1. The number of imidazole rings is 2. The van der Waals surface area contributed by atoms with E-state index in [9.17, 15) is 8.42 Å². The van der Waals surface area contributed by atoms with Gasteiger partial charge in [0.15, 0.2) is 5.03 Å². The average Bonchev–Trinajstić information content (AvgIpc) is 3.04. The first-order valence-corrected chi connectivity index (χ1v) is 8.03. The van der Waals surface area contributed by atoms with Crippen LogP contribution in [0, 0.1) is 6.92 Å². The molecule has 0 aliphatic heterocycles. The van der Waals surface area contributed by atoms with E-state index in [4.69, 9.17) is 0 Å². The molecular weight excluding hydrogens is 278 g/mol. The van der Waals surface area contributed by atoms with E-state index in [0.717, 1.165) is 5.82 Å². The Hall–Kier alpha value is -1.67. The number of aromatic amines is 1. The standard InChI is InChI=1S/C12H19N5O2S/c1-3-17-9-12(16-10(17)2)20(18,19)15-6-4-5-11-13-7-8-14-11/h7-9,15H,3-6H2,1-2H3,(H,13,14). The Kier molecular flexibility index (Phi) is 4.56. The van der Waals surface area contributed by atoms with E-state index >= 15 is 0 Å². The van der Waals surface area contributed by atoms with Gasteiger partial charge in [-0.1, -0.05) is 0 Å². The fourth-order valence-corrected chi connectivity index (χ4v) is 2.98. The molecule has 0 atom stereocenters. The van der Waals surface area contributed by atoms with Crippen molar-refractivity contribution in [2.24, 2.45) is 0 Å². The van der Waals surface area contributed by atoms with E-state index in [0.29, 0.717) is 31.8 Å². The van der Waals surface area contributed by atoms with Crippen molar-refractivity contribution in [2.75, 3.05) is 6.54 Å². The Morgan fingerprint density at radius 1 is 1.45 bits per heavy atom. The zero-order chi connectivity index (χ0) is 14.6. The second-order valence-electron chi connectivity index (χ2n) is 4.45. The molecule has 0 bridgehead atoms. The molecule has 0 aliphatic rings. The molecule has 110 valence electrons. The number of nitrogens with one attached hydrogen (secondary N) is 2. The predicted molar refractivity (Wildman–Crippen MR) is 74.7 cm³/mol. The molecule has 2 heterocycles. The molecule has 7 nitrogen and oxygen atoms in total. The summed E-state index contributed by atoms with van der Waals surface area (Å²) in [7, 11) is -3.53. The van der Waals surface area contributed by atoms with Gasteiger partial charge in [0, 0.05) is 38.1 Å². The number of rotatable bonds is 7. The molecule has 0 spiro atoms. The van der Waals surface area contributed by atoms with Crippen LogP contribution >= 0.6 is 0 Å². The molecular formula is C12H19N5O2S. The molecule has 2 aromatic heterocycles. The van der Waals surface area contributed by atoms with Crippen LogP contribution in [0.4, 0.5) is 0 Å². The third-order valence-electron chi connectivity index (χ3n) is 3.01. The van der Waals surface area contributed by atoms with Gasteiger partial charge in [-0.3, -0.25) is 0 Å². The van der Waals surface area contributed by atoms with Gasteiger partial charge in [-0.25, -0.2) is 23.1 Å². The molecule has 0 saturated carbocycles. The highest BCUT2D eigenvalue weighted by atomic mass is 32.2. The lowest BCUT2D eigenvalue weighted by Gasteiger charge is -2.03. The van der Waals surface area contributed by atoms with Gasteiger partial charge in [0.05, 0.1) is 0 Å². The zero-order valence-corrected chi connectivity index (χ0v) is 12.4. The average molecular weight is 297 g/mol. The first-order valence-electron chi connectivity index (χ1n) is 6.54. The molecule has 20 heavy (non-hydrogen) atoms. The van der Waals surface area contributed by atoms with Crippen LogP contribution in [0.25, 0.3) is 0 Å². The Morgan fingerprint density at radius 2 is 2.25 bits per heavy atom. The summed E-state index contributed by atoms with van der Waals surface area (Å²) in [6.07, 6.45) is 6.38. The van der Waals surface area contributed by atoms with Crippen molar-refractivity contribution in [3.8, 4) is 0 Å². The summed E-state index contributed by atoms with van der Waals surface area (Å²) in [4.78, 5) is 11.1. The third kappa shape index (κ3) is 3.45. The molecule has 2 N–H and O–H groups in total. The maximum Gasteiger partial charge on any atom is 0.259 e. The SMILES string of the molecule is CCn1cc(S(=O)(=O)NCCCc2ncc[nH]2)nc1C. The van der Waals surface area contributed by atoms with E-state index in [1.807, 2.05) is 6.92 Å². The Labute approximate surface area is 118 Å². The largest absolute Gasteiger partial charge is 0.349 e. The van der Waals surface area contributed by atoms with Gasteiger partial charge >= 0.3 is 0 Å². The van der Waals surface area contributed by atoms with E-state index in [1.54, 1.807) is 30.1 Å². The molecule has 0 saturated heterocycles. The summed E-state index contributed by atoms with van der Waals surface area (Å²) < 4.78 is 28.5. The van der Waals surface area contributed by atoms with Crippen molar-refractivity contribution in [2.45, 2.75) is 38.3 Å². The summed E-state index contributed by atoms with van der Waals surface area (Å²) in [5.74, 6) is 1.55. The molecule has 8 heteroatoms. The summed E-state index contributed by atoms with van der Waals surface area (Å²) in [5.41, 5.74) is 0. The molecule has 0 radical (unpaired) electrons. The van der Waals surface area contributed by atoms with Crippen LogP contribution in [0.3, 0.4) is 0 Å². The van der Waals surface area contributed by atoms with Crippen molar-refractivity contribution < 1.29 is 8.42 Å². The number of aryl methyl sites for hydroxylation is 3. The van der Waals surface area contributed by atoms with Crippen LogP contribution < -0.4 is 4.72 Å². The first kappa shape index (κ1) is 14.7. The highest BCUT2D eigenvalue weighted by Gasteiger charge is 2.18. The summed E-state index contributed by atoms with van der Waals surface area (Å²) >= 11 is 0. The lowest BCUT2D eigenvalue weighted by Crippen LogP contribution is -2.25. The normalized spacial score (nSPS) is 11.9. The van der Waals surface area contributed by atoms with E-state index in [1.165, 1.54) is 0 Å². The Balaban J connectivity index is 1.90. The van der Waals surface area contributed by atoms with Crippen molar-refractivity contribution in [1.82, 2.24) is 24.2 Å². The summed E-state index contributed by atoms with van der Waals surface area (Å²) in [6.45, 7) is 4.80. The fourth-order valence-electron chi connectivity index (χ4n) is 1.90. The minimum atomic E-state index is -3.53. The number of sulfonamides is 1. The van der Waals surface area contributed by atoms with Crippen LogP contribution in [0.5, 0.6) is 0 Å². The minimum absolute atomic E-state index is 0.0786. The quantitative estimate of drug-likeness (QED) is 0.741. The summed E-state index contributed by atoms with van der Waals surface area (Å²) in [5, 5.41) is 0.0786.